The van der Waals surface area contributed by atoms with E-state index in [4.69, 9.17) is 4.74 Å². The maximum atomic E-state index is 5.29. The Kier molecular flexibility index (Phi) is 3.45. The number of nitrogens with one attached hydrogen (secondary N) is 1. The second-order valence-corrected chi connectivity index (χ2v) is 6.27. The van der Waals surface area contributed by atoms with Gasteiger partial charge in [0.15, 0.2) is 0 Å². The summed E-state index contributed by atoms with van der Waals surface area (Å²) in [7, 11) is 1.72. The fourth-order valence-electron chi connectivity index (χ4n) is 2.25. The van der Waals surface area contributed by atoms with Crippen molar-refractivity contribution in [1.29, 1.82) is 0 Å². The van der Waals surface area contributed by atoms with Crippen LogP contribution in [-0.4, -0.2) is 13.7 Å². The summed E-state index contributed by atoms with van der Waals surface area (Å²) in [5, 5.41) is 3.63. The lowest BCUT2D eigenvalue weighted by molar-refractivity contribution is 0.369. The molecule has 0 aliphatic carbocycles. The molecule has 88 valence electrons. The highest BCUT2D eigenvalue weighted by Crippen LogP contribution is 2.41. The van der Waals surface area contributed by atoms with Crippen LogP contribution in [0, 0.1) is 5.92 Å². The summed E-state index contributed by atoms with van der Waals surface area (Å²) in [5.41, 5.74) is 2.83. The second kappa shape index (κ2) is 4.53. The molecule has 1 atom stereocenters. The molecule has 1 N–H and O–H groups in total. The van der Waals surface area contributed by atoms with Gasteiger partial charge in [-0.2, -0.15) is 0 Å². The number of ether oxygens (including phenoxy) is 1. The number of benzene rings is 1. The van der Waals surface area contributed by atoms with E-state index in [0.717, 1.165) is 18.7 Å². The molecule has 0 saturated heterocycles. The summed E-state index contributed by atoms with van der Waals surface area (Å²) < 4.78 is 5.35. The van der Waals surface area contributed by atoms with Crippen LogP contribution < -0.4 is 10.1 Å². The summed E-state index contributed by atoms with van der Waals surface area (Å²) >= 11 is 2.54. The molecule has 0 saturated carbocycles. The molecular weight excluding hydrogens is 313 g/mol. The highest BCUT2D eigenvalue weighted by Gasteiger charge is 2.36. The van der Waals surface area contributed by atoms with Crippen molar-refractivity contribution in [2.45, 2.75) is 23.8 Å². The van der Waals surface area contributed by atoms with Crippen molar-refractivity contribution >= 4 is 22.6 Å². The van der Waals surface area contributed by atoms with Gasteiger partial charge in [-0.15, -0.1) is 0 Å². The van der Waals surface area contributed by atoms with Crippen LogP contribution in [0.3, 0.4) is 0 Å². The van der Waals surface area contributed by atoms with Crippen LogP contribution in [-0.2, 0) is 9.97 Å². The smallest absolute Gasteiger partial charge is 0.119 e. The highest BCUT2D eigenvalue weighted by molar-refractivity contribution is 14.1. The van der Waals surface area contributed by atoms with E-state index in [2.05, 4.69) is 60.0 Å². The van der Waals surface area contributed by atoms with Gasteiger partial charge in [0.05, 0.1) is 10.7 Å². The van der Waals surface area contributed by atoms with Crippen LogP contribution in [0.1, 0.15) is 25.0 Å². The van der Waals surface area contributed by atoms with Crippen molar-refractivity contribution in [3.8, 4) is 5.75 Å². The predicted molar refractivity (Wildman–Crippen MR) is 75.2 cm³/mol. The van der Waals surface area contributed by atoms with Gasteiger partial charge in [0.2, 0.25) is 0 Å². The first-order valence-corrected chi connectivity index (χ1v) is 6.77. The molecule has 1 aromatic carbocycles. The molecule has 2 nitrogen and oxygen atoms in total. The van der Waals surface area contributed by atoms with E-state index in [1.54, 1.807) is 7.11 Å². The maximum Gasteiger partial charge on any atom is 0.119 e. The SMILES string of the molecule is COc1ccc2c(c1)CCNC2(I)C(C)C. The van der Waals surface area contributed by atoms with Crippen LogP contribution in [0.25, 0.3) is 0 Å². The largest absolute Gasteiger partial charge is 0.497 e. The van der Waals surface area contributed by atoms with Gasteiger partial charge in [0.1, 0.15) is 5.75 Å². The molecule has 0 amide bonds. The molecule has 0 fully saturated rings. The number of fused-ring (bicyclic) bond motifs is 1. The maximum absolute atomic E-state index is 5.29. The van der Waals surface area contributed by atoms with Crippen molar-refractivity contribution in [3.63, 3.8) is 0 Å². The van der Waals surface area contributed by atoms with Crippen molar-refractivity contribution < 1.29 is 4.74 Å². The third-order valence-corrected chi connectivity index (χ3v) is 5.48. The van der Waals surface area contributed by atoms with E-state index in [1.807, 2.05) is 0 Å². The first-order chi connectivity index (χ1) is 7.58. The molecule has 0 aromatic heterocycles. The van der Waals surface area contributed by atoms with Crippen molar-refractivity contribution in [1.82, 2.24) is 5.32 Å². The van der Waals surface area contributed by atoms with Crippen LogP contribution in [0.2, 0.25) is 0 Å². The monoisotopic (exact) mass is 331 g/mol. The number of hydrogen-bond acceptors (Lipinski definition) is 2. The minimum absolute atomic E-state index is 0.0671. The minimum Gasteiger partial charge on any atom is -0.497 e. The molecule has 1 aliphatic rings. The third-order valence-electron chi connectivity index (χ3n) is 3.28. The normalized spacial score (nSPS) is 24.3. The molecule has 2 rings (SSSR count). The summed E-state index contributed by atoms with van der Waals surface area (Å²) in [6.45, 7) is 5.57. The van der Waals surface area contributed by atoms with Gasteiger partial charge in [-0.1, -0.05) is 42.5 Å². The molecule has 1 unspecified atom stereocenters. The topological polar surface area (TPSA) is 21.3 Å². The Morgan fingerprint density at radius 2 is 2.19 bits per heavy atom. The number of hydrogen-bond donors (Lipinski definition) is 1. The van der Waals surface area contributed by atoms with Crippen LogP contribution >= 0.6 is 22.6 Å². The molecule has 16 heavy (non-hydrogen) atoms. The lowest BCUT2D eigenvalue weighted by Crippen LogP contribution is -2.46. The van der Waals surface area contributed by atoms with Gasteiger partial charge in [0.25, 0.3) is 0 Å². The quantitative estimate of drug-likeness (QED) is 0.511. The minimum atomic E-state index is 0.0671. The average Bonchev–Trinajstić information content (AvgIpc) is 2.28. The molecule has 0 bridgehead atoms. The first kappa shape index (κ1) is 12.2. The van der Waals surface area contributed by atoms with Crippen molar-refractivity contribution in [3.05, 3.63) is 29.3 Å². The van der Waals surface area contributed by atoms with E-state index < -0.39 is 0 Å². The number of halogens is 1. The zero-order chi connectivity index (χ0) is 11.8. The lowest BCUT2D eigenvalue weighted by atomic mass is 9.88. The predicted octanol–water partition coefficient (Wildman–Crippen LogP) is 3.08. The number of alkyl halides is 1. The molecule has 1 heterocycles. The van der Waals surface area contributed by atoms with Crippen molar-refractivity contribution in [2.75, 3.05) is 13.7 Å². The number of rotatable bonds is 2. The average molecular weight is 331 g/mol. The van der Waals surface area contributed by atoms with E-state index in [9.17, 15) is 0 Å². The van der Waals surface area contributed by atoms with Gasteiger partial charge in [-0.05, 0) is 35.6 Å². The van der Waals surface area contributed by atoms with Crippen LogP contribution in [0.5, 0.6) is 5.75 Å². The van der Waals surface area contributed by atoms with Crippen molar-refractivity contribution in [2.24, 2.45) is 5.92 Å². The molecule has 0 radical (unpaired) electrons. The zero-order valence-electron chi connectivity index (χ0n) is 10.0. The van der Waals surface area contributed by atoms with E-state index in [1.165, 1.54) is 11.1 Å². The summed E-state index contributed by atoms with van der Waals surface area (Å²) in [6.07, 6.45) is 1.09. The van der Waals surface area contributed by atoms with Gasteiger partial charge < -0.3 is 4.74 Å². The Hall–Kier alpha value is -0.290. The van der Waals surface area contributed by atoms with Crippen LogP contribution in [0.4, 0.5) is 0 Å². The third kappa shape index (κ3) is 1.95. The van der Waals surface area contributed by atoms with Crippen LogP contribution in [0.15, 0.2) is 18.2 Å². The number of methoxy groups -OCH3 is 1. The first-order valence-electron chi connectivity index (χ1n) is 5.69. The zero-order valence-corrected chi connectivity index (χ0v) is 12.2. The standard InChI is InChI=1S/C13H18INO/c1-9(2)13(14)12-5-4-11(16-3)8-10(12)6-7-15-13/h4-5,8-9,15H,6-7H2,1-3H3. The molecule has 0 spiro atoms. The lowest BCUT2D eigenvalue weighted by Gasteiger charge is -2.39. The summed E-state index contributed by atoms with van der Waals surface area (Å²) in [4.78, 5) is 0. The van der Waals surface area contributed by atoms with Gasteiger partial charge in [-0.25, -0.2) is 0 Å². The summed E-state index contributed by atoms with van der Waals surface area (Å²) in [6, 6.07) is 6.43. The fourth-order valence-corrected chi connectivity index (χ4v) is 3.04. The molecule has 1 aliphatic heterocycles. The Bertz CT molecular complexity index is 392. The van der Waals surface area contributed by atoms with E-state index in [-0.39, 0.29) is 3.55 Å². The Morgan fingerprint density at radius 3 is 2.81 bits per heavy atom. The van der Waals surface area contributed by atoms with Gasteiger partial charge >= 0.3 is 0 Å². The molecular formula is C13H18INO. The molecule has 1 aromatic rings. The van der Waals surface area contributed by atoms with E-state index in [0.29, 0.717) is 5.92 Å². The summed E-state index contributed by atoms with van der Waals surface area (Å²) in [5.74, 6) is 1.53. The van der Waals surface area contributed by atoms with E-state index >= 15 is 0 Å². The van der Waals surface area contributed by atoms with Gasteiger partial charge in [0, 0.05) is 6.54 Å². The van der Waals surface area contributed by atoms with Gasteiger partial charge in [-0.3, -0.25) is 5.32 Å². The highest BCUT2D eigenvalue weighted by atomic mass is 127. The Labute approximate surface area is 111 Å². The molecule has 3 heteroatoms. The Balaban J connectivity index is 2.47. The fraction of sp³-hybridized carbons (Fsp3) is 0.538. The second-order valence-electron chi connectivity index (χ2n) is 4.57. The Morgan fingerprint density at radius 1 is 1.44 bits per heavy atom.